The Hall–Kier alpha value is -3.36. The van der Waals surface area contributed by atoms with Crippen molar-refractivity contribution in [3.8, 4) is 0 Å². The highest BCUT2D eigenvalue weighted by Crippen LogP contribution is 2.14. The van der Waals surface area contributed by atoms with Crippen LogP contribution in [0.4, 0.5) is 4.39 Å². The lowest BCUT2D eigenvalue weighted by molar-refractivity contribution is -0.137. The zero-order valence-electron chi connectivity index (χ0n) is 13.3. The number of nitrogens with zero attached hydrogens (tertiary/aromatic N) is 5. The van der Waals surface area contributed by atoms with E-state index in [2.05, 4.69) is 15.3 Å². The number of hydrogen-bond donors (Lipinski definition) is 1. The minimum atomic E-state index is -1.15. The third-order valence-electron chi connectivity index (χ3n) is 3.59. The molecule has 0 atom stereocenters. The van der Waals surface area contributed by atoms with E-state index in [-0.39, 0.29) is 12.1 Å². The zero-order chi connectivity index (χ0) is 18.0. The second-order valence-corrected chi connectivity index (χ2v) is 5.46. The smallest absolute Gasteiger partial charge is 0.323 e. The number of carbonyl (C=O) groups excluding carboxylic acids is 1. The average molecular weight is 343 g/mol. The summed E-state index contributed by atoms with van der Waals surface area (Å²) in [6.45, 7) is -0.460. The van der Waals surface area contributed by atoms with Gasteiger partial charge in [0.2, 0.25) is 0 Å². The van der Waals surface area contributed by atoms with Crippen molar-refractivity contribution in [2.75, 3.05) is 6.54 Å². The first-order valence-corrected chi connectivity index (χ1v) is 7.35. The van der Waals surface area contributed by atoms with E-state index in [4.69, 9.17) is 5.11 Å². The Kier molecular flexibility index (Phi) is 4.38. The minimum Gasteiger partial charge on any atom is -0.480 e. The summed E-state index contributed by atoms with van der Waals surface area (Å²) >= 11 is 0. The Labute approximate surface area is 141 Å². The molecule has 0 radical (unpaired) electrons. The van der Waals surface area contributed by atoms with Crippen LogP contribution in [0.15, 0.2) is 36.5 Å². The van der Waals surface area contributed by atoms with Gasteiger partial charge in [-0.2, -0.15) is 0 Å². The van der Waals surface area contributed by atoms with Crippen molar-refractivity contribution in [3.05, 3.63) is 53.5 Å². The molecule has 0 spiro atoms. The maximum absolute atomic E-state index is 13.0. The number of amides is 1. The topological polar surface area (TPSA) is 101 Å². The zero-order valence-corrected chi connectivity index (χ0v) is 13.3. The van der Waals surface area contributed by atoms with Gasteiger partial charge in [-0.1, -0.05) is 17.3 Å². The van der Waals surface area contributed by atoms with Crippen LogP contribution >= 0.6 is 0 Å². The lowest BCUT2D eigenvalue weighted by atomic mass is 10.1. The Morgan fingerprint density at radius 3 is 2.68 bits per heavy atom. The normalized spacial score (nSPS) is 10.8. The monoisotopic (exact) mass is 343 g/mol. The molecule has 0 fully saturated rings. The van der Waals surface area contributed by atoms with Crippen LogP contribution in [0, 0.1) is 5.82 Å². The first-order valence-electron chi connectivity index (χ1n) is 7.35. The maximum Gasteiger partial charge on any atom is 0.323 e. The van der Waals surface area contributed by atoms with Crippen LogP contribution in [0.5, 0.6) is 0 Å². The van der Waals surface area contributed by atoms with Crippen molar-refractivity contribution >= 4 is 23.0 Å². The summed E-state index contributed by atoms with van der Waals surface area (Å²) in [5, 5.41) is 16.8. The first kappa shape index (κ1) is 16.5. The molecular weight excluding hydrogens is 329 g/mol. The fourth-order valence-corrected chi connectivity index (χ4v) is 2.40. The molecule has 0 aliphatic carbocycles. The summed E-state index contributed by atoms with van der Waals surface area (Å²) in [6.07, 6.45) is 1.35. The lowest BCUT2D eigenvalue weighted by Gasteiger charge is -2.20. The number of rotatable bonds is 5. The number of aryl methyl sites for hydroxylation is 1. The second-order valence-electron chi connectivity index (χ2n) is 5.46. The van der Waals surface area contributed by atoms with E-state index in [0.717, 1.165) is 4.90 Å². The Bertz CT molecular complexity index is 939. The summed E-state index contributed by atoms with van der Waals surface area (Å²) in [4.78, 5) is 29.1. The molecule has 1 amide bonds. The Morgan fingerprint density at radius 2 is 2.00 bits per heavy atom. The molecule has 0 aliphatic heterocycles. The number of aromatic nitrogens is 4. The largest absolute Gasteiger partial charge is 0.480 e. The fourth-order valence-electron chi connectivity index (χ4n) is 2.40. The lowest BCUT2D eigenvalue weighted by Crippen LogP contribution is -2.35. The van der Waals surface area contributed by atoms with E-state index in [9.17, 15) is 14.0 Å². The van der Waals surface area contributed by atoms with E-state index in [1.807, 2.05) is 0 Å². The molecule has 8 nitrogen and oxygen atoms in total. The van der Waals surface area contributed by atoms with Crippen LogP contribution in [0.2, 0.25) is 0 Å². The standard InChI is InChI=1S/C16H14FN5O3/c1-21-15-13(19-20-21)6-11(7-18-15)16(25)22(9-14(23)24)8-10-2-4-12(17)5-3-10/h2-7H,8-9H2,1H3,(H,23,24). The number of fused-ring (bicyclic) bond motifs is 1. The summed E-state index contributed by atoms with van der Waals surface area (Å²) in [6, 6.07) is 7.03. The van der Waals surface area contributed by atoms with E-state index >= 15 is 0 Å². The van der Waals surface area contributed by atoms with Gasteiger partial charge in [-0.15, -0.1) is 5.10 Å². The van der Waals surface area contributed by atoms with Crippen molar-refractivity contribution in [2.45, 2.75) is 6.54 Å². The number of carboxylic acids is 1. The van der Waals surface area contributed by atoms with E-state index < -0.39 is 24.2 Å². The van der Waals surface area contributed by atoms with Gasteiger partial charge in [0.25, 0.3) is 5.91 Å². The average Bonchev–Trinajstić information content (AvgIpc) is 2.96. The van der Waals surface area contributed by atoms with Gasteiger partial charge < -0.3 is 10.0 Å². The Morgan fingerprint density at radius 1 is 1.28 bits per heavy atom. The number of aliphatic carboxylic acids is 1. The molecule has 1 aromatic carbocycles. The molecule has 0 saturated carbocycles. The predicted molar refractivity (Wildman–Crippen MR) is 85.1 cm³/mol. The van der Waals surface area contributed by atoms with Gasteiger partial charge in [0, 0.05) is 19.8 Å². The van der Waals surface area contributed by atoms with Gasteiger partial charge in [0.15, 0.2) is 5.65 Å². The van der Waals surface area contributed by atoms with Crippen LogP contribution in [0.1, 0.15) is 15.9 Å². The highest BCUT2D eigenvalue weighted by atomic mass is 19.1. The molecule has 0 unspecified atom stereocenters. The van der Waals surface area contributed by atoms with Crippen LogP contribution in [0.25, 0.3) is 11.2 Å². The van der Waals surface area contributed by atoms with Gasteiger partial charge in [0.1, 0.15) is 17.9 Å². The molecule has 0 bridgehead atoms. The number of carboxylic acid groups (broad SMARTS) is 1. The SMILES string of the molecule is Cn1nnc2cc(C(=O)N(CC(=O)O)Cc3ccc(F)cc3)cnc21. The van der Waals surface area contributed by atoms with E-state index in [0.29, 0.717) is 16.7 Å². The van der Waals surface area contributed by atoms with Crippen molar-refractivity contribution < 1.29 is 19.1 Å². The molecular formula is C16H14FN5O3. The molecule has 1 N–H and O–H groups in total. The number of pyridine rings is 1. The molecule has 3 aromatic rings. The summed E-state index contributed by atoms with van der Waals surface area (Å²) in [7, 11) is 1.68. The molecule has 2 aromatic heterocycles. The third kappa shape index (κ3) is 3.60. The van der Waals surface area contributed by atoms with Gasteiger partial charge in [-0.05, 0) is 23.8 Å². The second kappa shape index (κ2) is 6.63. The predicted octanol–water partition coefficient (Wildman–Crippen LogP) is 1.23. The van der Waals surface area contributed by atoms with Crippen LogP contribution in [0.3, 0.4) is 0 Å². The van der Waals surface area contributed by atoms with Crippen LogP contribution in [-0.2, 0) is 18.4 Å². The number of hydrogen-bond acceptors (Lipinski definition) is 5. The number of benzene rings is 1. The van der Waals surface area contributed by atoms with Gasteiger partial charge in [0.05, 0.1) is 5.56 Å². The van der Waals surface area contributed by atoms with Crippen LogP contribution in [-0.4, -0.2) is 48.4 Å². The van der Waals surface area contributed by atoms with E-state index in [1.54, 1.807) is 7.05 Å². The fraction of sp³-hybridized carbons (Fsp3) is 0.188. The first-order chi connectivity index (χ1) is 11.9. The van der Waals surface area contributed by atoms with Crippen molar-refractivity contribution in [1.29, 1.82) is 0 Å². The molecule has 0 aliphatic rings. The highest BCUT2D eigenvalue weighted by molar-refractivity contribution is 5.97. The minimum absolute atomic E-state index is 0.0317. The quantitative estimate of drug-likeness (QED) is 0.748. The molecule has 128 valence electrons. The molecule has 3 rings (SSSR count). The Balaban J connectivity index is 1.89. The van der Waals surface area contributed by atoms with Gasteiger partial charge in [-0.25, -0.2) is 14.1 Å². The molecule has 0 saturated heterocycles. The summed E-state index contributed by atoms with van der Waals surface area (Å²) < 4.78 is 14.5. The van der Waals surface area contributed by atoms with Gasteiger partial charge >= 0.3 is 5.97 Å². The van der Waals surface area contributed by atoms with Crippen LogP contribution < -0.4 is 0 Å². The van der Waals surface area contributed by atoms with Crippen molar-refractivity contribution in [1.82, 2.24) is 24.9 Å². The third-order valence-corrected chi connectivity index (χ3v) is 3.59. The number of halogens is 1. The number of carbonyl (C=O) groups is 2. The summed E-state index contributed by atoms with van der Waals surface area (Å²) in [5.74, 6) is -2.06. The highest BCUT2D eigenvalue weighted by Gasteiger charge is 2.20. The van der Waals surface area contributed by atoms with Gasteiger partial charge in [-0.3, -0.25) is 9.59 Å². The molecule has 2 heterocycles. The molecule has 25 heavy (non-hydrogen) atoms. The van der Waals surface area contributed by atoms with Crippen molar-refractivity contribution in [3.63, 3.8) is 0 Å². The van der Waals surface area contributed by atoms with Crippen molar-refractivity contribution in [2.24, 2.45) is 7.05 Å². The molecule has 9 heteroatoms. The summed E-state index contributed by atoms with van der Waals surface area (Å²) in [5.41, 5.74) is 1.77. The maximum atomic E-state index is 13.0. The van der Waals surface area contributed by atoms with E-state index in [1.165, 1.54) is 41.2 Å².